The molecule has 0 saturated carbocycles. The van der Waals surface area contributed by atoms with E-state index in [1.54, 1.807) is 11.9 Å². The number of rotatable bonds is 7. The highest BCUT2D eigenvalue weighted by Crippen LogP contribution is 2.09. The molecular formula is C14H25NO3. The molecule has 4 nitrogen and oxygen atoms in total. The fourth-order valence-corrected chi connectivity index (χ4v) is 1.29. The van der Waals surface area contributed by atoms with Crippen LogP contribution in [0.4, 0.5) is 4.79 Å². The summed E-state index contributed by atoms with van der Waals surface area (Å²) in [5.74, 6) is 2.42. The molecule has 0 heterocycles. The summed E-state index contributed by atoms with van der Waals surface area (Å²) in [4.78, 5) is 13.2. The molecule has 18 heavy (non-hydrogen) atoms. The molecule has 104 valence electrons. The zero-order valence-corrected chi connectivity index (χ0v) is 12.0. The third kappa shape index (κ3) is 9.98. The maximum Gasteiger partial charge on any atom is 0.410 e. The molecule has 0 rings (SSSR count). The van der Waals surface area contributed by atoms with E-state index in [9.17, 15) is 4.79 Å². The van der Waals surface area contributed by atoms with E-state index in [2.05, 4.69) is 5.92 Å². The molecule has 0 aromatic heterocycles. The number of hydrogen-bond donors (Lipinski definition) is 0. The molecule has 0 radical (unpaired) electrons. The zero-order valence-electron chi connectivity index (χ0n) is 12.0. The van der Waals surface area contributed by atoms with E-state index in [1.807, 2.05) is 20.8 Å². The molecule has 0 spiro atoms. The Morgan fingerprint density at radius 1 is 1.28 bits per heavy atom. The van der Waals surface area contributed by atoms with E-state index in [1.165, 1.54) is 0 Å². The van der Waals surface area contributed by atoms with Crippen molar-refractivity contribution < 1.29 is 14.3 Å². The summed E-state index contributed by atoms with van der Waals surface area (Å²) in [5.41, 5.74) is -0.436. The first-order chi connectivity index (χ1) is 8.37. The zero-order chi connectivity index (χ0) is 14.0. The summed E-state index contributed by atoms with van der Waals surface area (Å²) in [6.45, 7) is 7.34. The highest BCUT2D eigenvalue weighted by Gasteiger charge is 2.18. The molecule has 1 amide bonds. The van der Waals surface area contributed by atoms with Gasteiger partial charge in [0.1, 0.15) is 12.2 Å². The molecule has 0 aliphatic heterocycles. The van der Waals surface area contributed by atoms with Crippen LogP contribution in [-0.4, -0.2) is 43.4 Å². The van der Waals surface area contributed by atoms with E-state index in [0.717, 1.165) is 19.3 Å². The van der Waals surface area contributed by atoms with Crippen LogP contribution < -0.4 is 0 Å². The predicted octanol–water partition coefficient (Wildman–Crippen LogP) is 2.67. The third-order valence-electron chi connectivity index (χ3n) is 2.17. The van der Waals surface area contributed by atoms with Crippen molar-refractivity contribution in [1.82, 2.24) is 4.90 Å². The van der Waals surface area contributed by atoms with Crippen molar-refractivity contribution in [2.24, 2.45) is 0 Å². The first kappa shape index (κ1) is 16.8. The molecule has 0 fully saturated rings. The average Bonchev–Trinajstić information content (AvgIpc) is 2.25. The Labute approximate surface area is 111 Å². The Morgan fingerprint density at radius 3 is 2.50 bits per heavy atom. The van der Waals surface area contributed by atoms with Gasteiger partial charge >= 0.3 is 6.09 Å². The lowest BCUT2D eigenvalue weighted by molar-refractivity contribution is 0.0295. The fourth-order valence-electron chi connectivity index (χ4n) is 1.29. The third-order valence-corrected chi connectivity index (χ3v) is 2.17. The molecule has 0 aliphatic carbocycles. The molecule has 0 N–H and O–H groups in total. The average molecular weight is 255 g/mol. The lowest BCUT2D eigenvalue weighted by Crippen LogP contribution is -2.34. The van der Waals surface area contributed by atoms with Gasteiger partial charge in [0, 0.05) is 20.2 Å². The van der Waals surface area contributed by atoms with Crippen LogP contribution in [-0.2, 0) is 9.47 Å². The molecular weight excluding hydrogens is 230 g/mol. The van der Waals surface area contributed by atoms with Gasteiger partial charge in [0.2, 0.25) is 0 Å². The van der Waals surface area contributed by atoms with Crippen LogP contribution in [0.15, 0.2) is 0 Å². The number of ether oxygens (including phenoxy) is 2. The van der Waals surface area contributed by atoms with Crippen LogP contribution in [0.2, 0.25) is 0 Å². The Bertz CT molecular complexity index is 276. The lowest BCUT2D eigenvalue weighted by atomic mass is 10.2. The van der Waals surface area contributed by atoms with Gasteiger partial charge in [0.25, 0.3) is 0 Å². The van der Waals surface area contributed by atoms with Crippen molar-refractivity contribution in [1.29, 1.82) is 0 Å². The van der Waals surface area contributed by atoms with Crippen LogP contribution in [0.3, 0.4) is 0 Å². The van der Waals surface area contributed by atoms with Crippen molar-refractivity contribution >= 4 is 6.09 Å². The number of terminal acetylenes is 1. The fraction of sp³-hybridized carbons (Fsp3) is 0.786. The van der Waals surface area contributed by atoms with Gasteiger partial charge in [-0.25, -0.2) is 4.79 Å². The summed E-state index contributed by atoms with van der Waals surface area (Å²) in [6.07, 6.45) is 7.70. The number of unbranched alkanes of at least 4 members (excludes halogenated alkanes) is 2. The minimum atomic E-state index is -0.436. The van der Waals surface area contributed by atoms with E-state index >= 15 is 0 Å². The molecule has 0 atom stereocenters. The second-order valence-electron chi connectivity index (χ2n) is 5.22. The van der Waals surface area contributed by atoms with Gasteiger partial charge in [-0.15, -0.1) is 6.42 Å². The normalized spacial score (nSPS) is 10.8. The highest BCUT2D eigenvalue weighted by atomic mass is 16.6. The van der Waals surface area contributed by atoms with Gasteiger partial charge < -0.3 is 14.4 Å². The molecule has 0 aromatic rings. The summed E-state index contributed by atoms with van der Waals surface area (Å²) in [5, 5.41) is 0. The smallest absolute Gasteiger partial charge is 0.410 e. The van der Waals surface area contributed by atoms with Gasteiger partial charge in [0.05, 0.1) is 0 Å². The largest absolute Gasteiger partial charge is 0.444 e. The molecule has 0 aromatic carbocycles. The topological polar surface area (TPSA) is 38.8 Å². The predicted molar refractivity (Wildman–Crippen MR) is 72.4 cm³/mol. The van der Waals surface area contributed by atoms with Crippen molar-refractivity contribution in [3.05, 3.63) is 0 Å². The van der Waals surface area contributed by atoms with Crippen molar-refractivity contribution in [3.63, 3.8) is 0 Å². The van der Waals surface area contributed by atoms with Crippen LogP contribution in [0.25, 0.3) is 0 Å². The van der Waals surface area contributed by atoms with Crippen molar-refractivity contribution in [3.8, 4) is 12.3 Å². The number of hydrogen-bond acceptors (Lipinski definition) is 3. The summed E-state index contributed by atoms with van der Waals surface area (Å²) >= 11 is 0. The minimum Gasteiger partial charge on any atom is -0.444 e. The maximum absolute atomic E-state index is 11.6. The summed E-state index contributed by atoms with van der Waals surface area (Å²) in [6, 6.07) is 0. The molecule has 0 aliphatic rings. The van der Waals surface area contributed by atoms with Gasteiger partial charge in [-0.05, 0) is 40.0 Å². The first-order valence-corrected chi connectivity index (χ1v) is 6.32. The van der Waals surface area contributed by atoms with E-state index in [4.69, 9.17) is 15.9 Å². The van der Waals surface area contributed by atoms with Crippen LogP contribution >= 0.6 is 0 Å². The van der Waals surface area contributed by atoms with Crippen molar-refractivity contribution in [2.75, 3.05) is 26.8 Å². The molecule has 0 bridgehead atoms. The Morgan fingerprint density at radius 2 is 1.94 bits per heavy atom. The van der Waals surface area contributed by atoms with E-state index in [-0.39, 0.29) is 6.09 Å². The van der Waals surface area contributed by atoms with Crippen molar-refractivity contribution in [2.45, 2.75) is 45.6 Å². The Hall–Kier alpha value is -1.21. The standard InChI is InChI=1S/C14H25NO3/c1-6-11-17-12-9-7-8-10-15(5)13(16)18-14(2,3)4/h1H,7-12H2,2-5H3. The second kappa shape index (κ2) is 8.82. The lowest BCUT2D eigenvalue weighted by Gasteiger charge is -2.24. The number of carbonyl (C=O) groups is 1. The summed E-state index contributed by atoms with van der Waals surface area (Å²) < 4.78 is 10.4. The Kier molecular flexibility index (Phi) is 8.23. The number of amides is 1. The SMILES string of the molecule is C#CCOCCCCCN(C)C(=O)OC(C)(C)C. The molecule has 0 saturated heterocycles. The Balaban J connectivity index is 3.56. The van der Waals surface area contributed by atoms with Gasteiger partial charge in [-0.3, -0.25) is 0 Å². The van der Waals surface area contributed by atoms with Gasteiger partial charge in [0.15, 0.2) is 0 Å². The van der Waals surface area contributed by atoms with Gasteiger partial charge in [-0.1, -0.05) is 5.92 Å². The highest BCUT2D eigenvalue weighted by molar-refractivity contribution is 5.67. The summed E-state index contributed by atoms with van der Waals surface area (Å²) in [7, 11) is 1.75. The van der Waals surface area contributed by atoms with Crippen LogP contribution in [0.5, 0.6) is 0 Å². The van der Waals surface area contributed by atoms with Crippen LogP contribution in [0, 0.1) is 12.3 Å². The minimum absolute atomic E-state index is 0.272. The second-order valence-corrected chi connectivity index (χ2v) is 5.22. The first-order valence-electron chi connectivity index (χ1n) is 6.32. The molecule has 0 unspecified atom stereocenters. The quantitative estimate of drug-likeness (QED) is 0.518. The molecule has 4 heteroatoms. The van der Waals surface area contributed by atoms with E-state index in [0.29, 0.717) is 19.8 Å². The monoisotopic (exact) mass is 255 g/mol. The van der Waals surface area contributed by atoms with Crippen LogP contribution in [0.1, 0.15) is 40.0 Å². The van der Waals surface area contributed by atoms with Gasteiger partial charge in [-0.2, -0.15) is 0 Å². The number of carbonyl (C=O) groups excluding carboxylic acids is 1. The maximum atomic E-state index is 11.6. The van der Waals surface area contributed by atoms with E-state index < -0.39 is 5.60 Å². The number of nitrogens with zero attached hydrogens (tertiary/aromatic N) is 1.